The van der Waals surface area contributed by atoms with Crippen molar-refractivity contribution in [3.8, 4) is 5.75 Å². The van der Waals surface area contributed by atoms with E-state index in [1.54, 1.807) is 12.1 Å². The third kappa shape index (κ3) is 5.21. The highest BCUT2D eigenvalue weighted by atomic mass is 32.2. The molecule has 0 fully saturated rings. The number of anilines is 1. The van der Waals surface area contributed by atoms with Crippen molar-refractivity contribution >= 4 is 15.7 Å². The molecular formula is C15H26N2O3S. The van der Waals surface area contributed by atoms with Gasteiger partial charge in [0, 0.05) is 6.07 Å². The SMILES string of the molecule is CCCCC(CC)COc1ccc(S(=O)(=O)NC)c(N)c1. The molecule has 1 unspecified atom stereocenters. The molecular weight excluding hydrogens is 288 g/mol. The predicted molar refractivity (Wildman–Crippen MR) is 85.9 cm³/mol. The highest BCUT2D eigenvalue weighted by molar-refractivity contribution is 7.89. The monoisotopic (exact) mass is 314 g/mol. The van der Waals surface area contributed by atoms with Crippen molar-refractivity contribution in [2.75, 3.05) is 19.4 Å². The van der Waals surface area contributed by atoms with Gasteiger partial charge in [-0.1, -0.05) is 33.1 Å². The minimum atomic E-state index is -3.52. The largest absolute Gasteiger partial charge is 0.493 e. The number of hydrogen-bond donors (Lipinski definition) is 2. The first-order chi connectivity index (χ1) is 9.94. The zero-order chi connectivity index (χ0) is 15.9. The van der Waals surface area contributed by atoms with Gasteiger partial charge >= 0.3 is 0 Å². The molecule has 0 aliphatic rings. The molecule has 0 aromatic heterocycles. The normalized spacial score (nSPS) is 13.1. The molecule has 0 heterocycles. The molecule has 120 valence electrons. The number of ether oxygens (including phenoxy) is 1. The number of sulfonamides is 1. The van der Waals surface area contributed by atoms with Gasteiger partial charge in [0.2, 0.25) is 10.0 Å². The van der Waals surface area contributed by atoms with E-state index in [2.05, 4.69) is 18.6 Å². The van der Waals surface area contributed by atoms with Crippen molar-refractivity contribution in [3.05, 3.63) is 18.2 Å². The molecule has 0 saturated heterocycles. The Labute approximate surface area is 127 Å². The number of hydrogen-bond acceptors (Lipinski definition) is 4. The summed E-state index contributed by atoms with van der Waals surface area (Å²) < 4.78 is 31.5. The van der Waals surface area contributed by atoms with Crippen LogP contribution in [0.2, 0.25) is 0 Å². The Kier molecular flexibility index (Phi) is 6.98. The Morgan fingerprint density at radius 2 is 2.05 bits per heavy atom. The summed E-state index contributed by atoms with van der Waals surface area (Å²) in [5.41, 5.74) is 6.00. The highest BCUT2D eigenvalue weighted by Crippen LogP contribution is 2.24. The highest BCUT2D eigenvalue weighted by Gasteiger charge is 2.16. The van der Waals surface area contributed by atoms with Crippen LogP contribution in [0.3, 0.4) is 0 Å². The Balaban J connectivity index is 2.72. The van der Waals surface area contributed by atoms with Gasteiger partial charge in [0.1, 0.15) is 10.6 Å². The van der Waals surface area contributed by atoms with Crippen molar-refractivity contribution < 1.29 is 13.2 Å². The van der Waals surface area contributed by atoms with E-state index in [-0.39, 0.29) is 10.6 Å². The minimum absolute atomic E-state index is 0.0791. The summed E-state index contributed by atoms with van der Waals surface area (Å²) in [6.45, 7) is 4.96. The number of unbranched alkanes of at least 4 members (excludes halogenated alkanes) is 1. The van der Waals surface area contributed by atoms with E-state index in [4.69, 9.17) is 10.5 Å². The number of nitrogens with one attached hydrogen (secondary N) is 1. The van der Waals surface area contributed by atoms with Crippen molar-refractivity contribution in [2.45, 2.75) is 44.4 Å². The molecule has 0 spiro atoms. The van der Waals surface area contributed by atoms with Crippen molar-refractivity contribution in [2.24, 2.45) is 5.92 Å². The number of nitrogens with two attached hydrogens (primary N) is 1. The van der Waals surface area contributed by atoms with E-state index in [0.717, 1.165) is 12.8 Å². The summed E-state index contributed by atoms with van der Waals surface area (Å²) in [6.07, 6.45) is 4.60. The van der Waals surface area contributed by atoms with Crippen molar-refractivity contribution in [1.29, 1.82) is 0 Å². The van der Waals surface area contributed by atoms with Gasteiger partial charge in [-0.3, -0.25) is 0 Å². The van der Waals surface area contributed by atoms with E-state index in [1.807, 2.05) is 0 Å². The molecule has 0 amide bonds. The first kappa shape index (κ1) is 17.8. The van der Waals surface area contributed by atoms with Crippen LogP contribution in [-0.4, -0.2) is 22.1 Å². The van der Waals surface area contributed by atoms with E-state index in [9.17, 15) is 8.42 Å². The van der Waals surface area contributed by atoms with E-state index in [1.165, 1.54) is 26.0 Å². The van der Waals surface area contributed by atoms with Gasteiger partial charge in [-0.25, -0.2) is 13.1 Å². The number of nitrogen functional groups attached to an aromatic ring is 1. The number of benzene rings is 1. The molecule has 5 nitrogen and oxygen atoms in total. The topological polar surface area (TPSA) is 81.4 Å². The third-order valence-corrected chi connectivity index (χ3v) is 5.06. The summed E-state index contributed by atoms with van der Waals surface area (Å²) in [6, 6.07) is 4.69. The second kappa shape index (κ2) is 8.24. The van der Waals surface area contributed by atoms with Gasteiger partial charge in [0.05, 0.1) is 12.3 Å². The van der Waals surface area contributed by atoms with Crippen LogP contribution >= 0.6 is 0 Å². The molecule has 6 heteroatoms. The van der Waals surface area contributed by atoms with Crippen LogP contribution in [0.1, 0.15) is 39.5 Å². The average molecular weight is 314 g/mol. The van der Waals surface area contributed by atoms with E-state index >= 15 is 0 Å². The van der Waals surface area contributed by atoms with Crippen LogP contribution in [0, 0.1) is 5.92 Å². The lowest BCUT2D eigenvalue weighted by Gasteiger charge is -2.16. The van der Waals surface area contributed by atoms with Crippen LogP contribution in [0.4, 0.5) is 5.69 Å². The van der Waals surface area contributed by atoms with Gasteiger partial charge in [-0.2, -0.15) is 0 Å². The Morgan fingerprint density at radius 3 is 2.57 bits per heavy atom. The lowest BCUT2D eigenvalue weighted by molar-refractivity contribution is 0.233. The molecule has 0 radical (unpaired) electrons. The summed E-state index contributed by atoms with van der Waals surface area (Å²) in [7, 11) is -2.16. The Morgan fingerprint density at radius 1 is 1.33 bits per heavy atom. The lowest BCUT2D eigenvalue weighted by atomic mass is 10.0. The van der Waals surface area contributed by atoms with E-state index < -0.39 is 10.0 Å². The molecule has 1 rings (SSSR count). The predicted octanol–water partition coefficient (Wildman–Crippen LogP) is 2.77. The minimum Gasteiger partial charge on any atom is -0.493 e. The van der Waals surface area contributed by atoms with Gasteiger partial charge in [-0.05, 0) is 31.5 Å². The molecule has 0 aliphatic heterocycles. The van der Waals surface area contributed by atoms with Gasteiger partial charge in [-0.15, -0.1) is 0 Å². The zero-order valence-corrected chi connectivity index (χ0v) is 13.9. The Hall–Kier alpha value is -1.27. The van der Waals surface area contributed by atoms with Crippen LogP contribution in [0.25, 0.3) is 0 Å². The molecule has 1 atom stereocenters. The van der Waals surface area contributed by atoms with Crippen molar-refractivity contribution in [1.82, 2.24) is 4.72 Å². The summed E-state index contributed by atoms with van der Waals surface area (Å²) >= 11 is 0. The maximum absolute atomic E-state index is 11.7. The quantitative estimate of drug-likeness (QED) is 0.687. The second-order valence-corrected chi connectivity index (χ2v) is 6.99. The molecule has 3 N–H and O–H groups in total. The summed E-state index contributed by atoms with van der Waals surface area (Å²) in [5.74, 6) is 1.13. The standard InChI is InChI=1S/C15H26N2O3S/c1-4-6-7-12(5-2)11-20-13-8-9-15(14(16)10-13)21(18,19)17-3/h8-10,12,17H,4-7,11,16H2,1-3H3. The average Bonchev–Trinajstić information content (AvgIpc) is 2.47. The number of rotatable bonds is 9. The fourth-order valence-electron chi connectivity index (χ4n) is 2.08. The second-order valence-electron chi connectivity index (χ2n) is 5.13. The first-order valence-electron chi connectivity index (χ1n) is 7.40. The molecule has 21 heavy (non-hydrogen) atoms. The molecule has 1 aromatic rings. The van der Waals surface area contributed by atoms with Crippen LogP contribution in [0.15, 0.2) is 23.1 Å². The fourth-order valence-corrected chi connectivity index (χ4v) is 2.92. The molecule has 0 aliphatic carbocycles. The summed E-state index contributed by atoms with van der Waals surface area (Å²) in [4.78, 5) is 0.0791. The van der Waals surface area contributed by atoms with Crippen LogP contribution in [-0.2, 0) is 10.0 Å². The van der Waals surface area contributed by atoms with Gasteiger partial charge in [0.25, 0.3) is 0 Å². The lowest BCUT2D eigenvalue weighted by Crippen LogP contribution is -2.20. The third-order valence-electron chi connectivity index (χ3n) is 3.57. The van der Waals surface area contributed by atoms with E-state index in [0.29, 0.717) is 18.3 Å². The van der Waals surface area contributed by atoms with Crippen molar-refractivity contribution in [3.63, 3.8) is 0 Å². The first-order valence-corrected chi connectivity index (χ1v) is 8.88. The molecule has 1 aromatic carbocycles. The molecule has 0 bridgehead atoms. The Bertz CT molecular complexity index is 544. The zero-order valence-electron chi connectivity index (χ0n) is 13.1. The maximum atomic E-state index is 11.7. The van der Waals surface area contributed by atoms with Gasteiger partial charge < -0.3 is 10.5 Å². The van der Waals surface area contributed by atoms with Crippen LogP contribution < -0.4 is 15.2 Å². The fraction of sp³-hybridized carbons (Fsp3) is 0.600. The summed E-state index contributed by atoms with van der Waals surface area (Å²) in [5, 5.41) is 0. The van der Waals surface area contributed by atoms with Gasteiger partial charge in [0.15, 0.2) is 0 Å². The maximum Gasteiger partial charge on any atom is 0.242 e. The van der Waals surface area contributed by atoms with Crippen LogP contribution in [0.5, 0.6) is 5.75 Å². The smallest absolute Gasteiger partial charge is 0.242 e. The molecule has 0 saturated carbocycles.